The second kappa shape index (κ2) is 6.91. The minimum Gasteiger partial charge on any atom is -0.394 e. The van der Waals surface area contributed by atoms with Crippen molar-refractivity contribution in [2.45, 2.75) is 32.2 Å². The van der Waals surface area contributed by atoms with Gasteiger partial charge in [-0.2, -0.15) is 0 Å². The maximum Gasteiger partial charge on any atom is 0.317 e. The van der Waals surface area contributed by atoms with Crippen LogP contribution in [0.15, 0.2) is 17.5 Å². The standard InChI is InChI=1S/C14H22N2O2S/c1-11(8-13-5-3-7-19-13)9-15-14(18)16-6-2-4-12(16)10-17/h3,5,7,11-12,17H,2,4,6,8-10H2,1H3,(H,15,18). The van der Waals surface area contributed by atoms with Crippen molar-refractivity contribution >= 4 is 17.4 Å². The molecule has 0 aromatic carbocycles. The van der Waals surface area contributed by atoms with Gasteiger partial charge in [0.2, 0.25) is 0 Å². The number of urea groups is 1. The molecular weight excluding hydrogens is 260 g/mol. The van der Waals surface area contributed by atoms with E-state index in [-0.39, 0.29) is 18.7 Å². The Morgan fingerprint density at radius 3 is 3.21 bits per heavy atom. The van der Waals surface area contributed by atoms with Crippen LogP contribution in [0.4, 0.5) is 4.79 Å². The summed E-state index contributed by atoms with van der Waals surface area (Å²) in [5.74, 6) is 0.428. The van der Waals surface area contributed by atoms with Gasteiger partial charge in [-0.25, -0.2) is 4.79 Å². The molecule has 1 aromatic heterocycles. The number of aliphatic hydroxyl groups is 1. The molecule has 1 saturated heterocycles. The number of carbonyl (C=O) groups excluding carboxylic acids is 1. The number of hydrogen-bond donors (Lipinski definition) is 2. The van der Waals surface area contributed by atoms with Crippen LogP contribution in [-0.4, -0.2) is 41.8 Å². The zero-order valence-electron chi connectivity index (χ0n) is 11.3. The van der Waals surface area contributed by atoms with Gasteiger partial charge in [-0.15, -0.1) is 11.3 Å². The summed E-state index contributed by atoms with van der Waals surface area (Å²) in [7, 11) is 0. The number of carbonyl (C=O) groups is 1. The van der Waals surface area contributed by atoms with Crippen LogP contribution >= 0.6 is 11.3 Å². The average molecular weight is 282 g/mol. The molecule has 0 aliphatic carbocycles. The summed E-state index contributed by atoms with van der Waals surface area (Å²) in [5, 5.41) is 14.3. The summed E-state index contributed by atoms with van der Waals surface area (Å²) in [4.78, 5) is 15.1. The number of likely N-dealkylation sites (tertiary alicyclic amines) is 1. The monoisotopic (exact) mass is 282 g/mol. The van der Waals surface area contributed by atoms with Gasteiger partial charge in [0.25, 0.3) is 0 Å². The molecule has 1 fully saturated rings. The highest BCUT2D eigenvalue weighted by molar-refractivity contribution is 7.09. The molecule has 2 heterocycles. The van der Waals surface area contributed by atoms with Gasteiger partial charge in [0.1, 0.15) is 0 Å². The number of hydrogen-bond acceptors (Lipinski definition) is 3. The predicted molar refractivity (Wildman–Crippen MR) is 77.4 cm³/mol. The first-order chi connectivity index (χ1) is 9.20. The Bertz CT molecular complexity index is 394. The van der Waals surface area contributed by atoms with E-state index in [0.29, 0.717) is 12.5 Å². The van der Waals surface area contributed by atoms with Crippen molar-refractivity contribution in [1.29, 1.82) is 0 Å². The van der Waals surface area contributed by atoms with Crippen LogP contribution in [0, 0.1) is 5.92 Å². The molecule has 2 N–H and O–H groups in total. The van der Waals surface area contributed by atoms with E-state index in [4.69, 9.17) is 0 Å². The molecule has 19 heavy (non-hydrogen) atoms. The lowest BCUT2D eigenvalue weighted by atomic mass is 10.1. The highest BCUT2D eigenvalue weighted by atomic mass is 32.1. The maximum absolute atomic E-state index is 12.0. The fourth-order valence-corrected chi connectivity index (χ4v) is 3.37. The van der Waals surface area contributed by atoms with Crippen LogP contribution in [0.5, 0.6) is 0 Å². The molecule has 1 aliphatic rings. The highest BCUT2D eigenvalue weighted by Crippen LogP contribution is 2.17. The molecule has 106 valence electrons. The van der Waals surface area contributed by atoms with Gasteiger partial charge in [0.15, 0.2) is 0 Å². The third-order valence-electron chi connectivity index (χ3n) is 3.58. The fourth-order valence-electron chi connectivity index (χ4n) is 2.50. The Morgan fingerprint density at radius 2 is 2.53 bits per heavy atom. The number of nitrogens with one attached hydrogen (secondary N) is 1. The van der Waals surface area contributed by atoms with Crippen LogP contribution in [0.1, 0.15) is 24.6 Å². The van der Waals surface area contributed by atoms with E-state index in [2.05, 4.69) is 29.8 Å². The molecule has 1 aliphatic heterocycles. The van der Waals surface area contributed by atoms with Gasteiger partial charge >= 0.3 is 6.03 Å². The van der Waals surface area contributed by atoms with Crippen LogP contribution in [0.2, 0.25) is 0 Å². The minimum atomic E-state index is -0.0328. The van der Waals surface area contributed by atoms with Crippen molar-refractivity contribution in [2.75, 3.05) is 19.7 Å². The predicted octanol–water partition coefficient (Wildman–Crippen LogP) is 2.09. The average Bonchev–Trinajstić information content (AvgIpc) is 3.06. The van der Waals surface area contributed by atoms with E-state index in [1.807, 2.05) is 0 Å². The fraction of sp³-hybridized carbons (Fsp3) is 0.643. The van der Waals surface area contributed by atoms with Crippen LogP contribution in [0.3, 0.4) is 0 Å². The molecule has 0 radical (unpaired) electrons. The molecule has 1 aromatic rings. The molecule has 0 saturated carbocycles. The van der Waals surface area contributed by atoms with Crippen molar-refractivity contribution in [3.05, 3.63) is 22.4 Å². The van der Waals surface area contributed by atoms with E-state index in [9.17, 15) is 9.90 Å². The molecule has 2 rings (SSSR count). The van der Waals surface area contributed by atoms with E-state index >= 15 is 0 Å². The summed E-state index contributed by atoms with van der Waals surface area (Å²) in [5.41, 5.74) is 0. The Hall–Kier alpha value is -1.07. The summed E-state index contributed by atoms with van der Waals surface area (Å²) < 4.78 is 0. The quantitative estimate of drug-likeness (QED) is 0.869. The zero-order chi connectivity index (χ0) is 13.7. The molecule has 2 atom stereocenters. The van der Waals surface area contributed by atoms with Crippen LogP contribution in [0.25, 0.3) is 0 Å². The first-order valence-electron chi connectivity index (χ1n) is 6.88. The molecular formula is C14H22N2O2S. The van der Waals surface area contributed by atoms with E-state index in [1.165, 1.54) is 4.88 Å². The van der Waals surface area contributed by atoms with Gasteiger partial charge in [-0.1, -0.05) is 13.0 Å². The lowest BCUT2D eigenvalue weighted by Gasteiger charge is -2.24. The summed E-state index contributed by atoms with van der Waals surface area (Å²) in [6.45, 7) is 3.66. The van der Waals surface area contributed by atoms with Gasteiger partial charge in [0, 0.05) is 18.0 Å². The van der Waals surface area contributed by atoms with E-state index < -0.39 is 0 Å². The second-order valence-electron chi connectivity index (χ2n) is 5.25. The Balaban J connectivity index is 1.73. The third-order valence-corrected chi connectivity index (χ3v) is 4.48. The van der Waals surface area contributed by atoms with Crippen molar-refractivity contribution in [1.82, 2.24) is 10.2 Å². The Morgan fingerprint density at radius 1 is 1.68 bits per heavy atom. The number of rotatable bonds is 5. The second-order valence-corrected chi connectivity index (χ2v) is 6.28. The van der Waals surface area contributed by atoms with Gasteiger partial charge in [0.05, 0.1) is 12.6 Å². The normalized spacial score (nSPS) is 20.5. The van der Waals surface area contributed by atoms with Crippen molar-refractivity contribution in [3.63, 3.8) is 0 Å². The lowest BCUT2D eigenvalue weighted by Crippen LogP contribution is -2.45. The van der Waals surface area contributed by atoms with Crippen molar-refractivity contribution in [2.24, 2.45) is 5.92 Å². The summed E-state index contributed by atoms with van der Waals surface area (Å²) in [6, 6.07) is 4.16. The Kier molecular flexibility index (Phi) is 5.22. The topological polar surface area (TPSA) is 52.6 Å². The Labute approximate surface area is 118 Å². The minimum absolute atomic E-state index is 0.00704. The first-order valence-corrected chi connectivity index (χ1v) is 7.76. The van der Waals surface area contributed by atoms with Crippen LogP contribution < -0.4 is 5.32 Å². The molecule has 2 amide bonds. The highest BCUT2D eigenvalue weighted by Gasteiger charge is 2.27. The third kappa shape index (κ3) is 3.94. The first kappa shape index (κ1) is 14.3. The summed E-state index contributed by atoms with van der Waals surface area (Å²) >= 11 is 1.76. The summed E-state index contributed by atoms with van der Waals surface area (Å²) in [6.07, 6.45) is 2.90. The number of amides is 2. The maximum atomic E-state index is 12.0. The van der Waals surface area contributed by atoms with E-state index in [0.717, 1.165) is 25.8 Å². The van der Waals surface area contributed by atoms with E-state index in [1.54, 1.807) is 16.2 Å². The molecule has 0 bridgehead atoms. The number of aliphatic hydroxyl groups excluding tert-OH is 1. The molecule has 2 unspecified atom stereocenters. The molecule has 5 heteroatoms. The smallest absolute Gasteiger partial charge is 0.317 e. The molecule has 4 nitrogen and oxygen atoms in total. The number of thiophene rings is 1. The van der Waals surface area contributed by atoms with Gasteiger partial charge < -0.3 is 15.3 Å². The van der Waals surface area contributed by atoms with Crippen LogP contribution in [-0.2, 0) is 6.42 Å². The molecule has 0 spiro atoms. The SMILES string of the molecule is CC(CNC(=O)N1CCCC1CO)Cc1cccs1. The largest absolute Gasteiger partial charge is 0.394 e. The van der Waals surface area contributed by atoms with Gasteiger partial charge in [-0.05, 0) is 36.6 Å². The zero-order valence-corrected chi connectivity index (χ0v) is 12.2. The van der Waals surface area contributed by atoms with Gasteiger partial charge in [-0.3, -0.25) is 0 Å². The lowest BCUT2D eigenvalue weighted by molar-refractivity contribution is 0.156. The number of nitrogens with zero attached hydrogens (tertiary/aromatic N) is 1. The van der Waals surface area contributed by atoms with Crippen molar-refractivity contribution in [3.8, 4) is 0 Å². The van der Waals surface area contributed by atoms with Crippen molar-refractivity contribution < 1.29 is 9.90 Å².